The summed E-state index contributed by atoms with van der Waals surface area (Å²) in [6, 6.07) is 6.66. The van der Waals surface area contributed by atoms with Crippen LogP contribution in [0.2, 0.25) is 5.02 Å². The van der Waals surface area contributed by atoms with E-state index < -0.39 is 5.91 Å². The Labute approximate surface area is 98.6 Å². The molecule has 0 saturated heterocycles. The van der Waals surface area contributed by atoms with E-state index in [-0.39, 0.29) is 13.2 Å². The highest BCUT2D eigenvalue weighted by Crippen LogP contribution is 2.16. The van der Waals surface area contributed by atoms with Crippen molar-refractivity contribution in [1.82, 2.24) is 0 Å². The molecule has 0 aliphatic rings. The molecule has 0 aliphatic heterocycles. The average Bonchev–Trinajstić information content (AvgIpc) is 2.26. The summed E-state index contributed by atoms with van der Waals surface area (Å²) in [6.45, 7) is 0.422. The van der Waals surface area contributed by atoms with Gasteiger partial charge in [-0.3, -0.25) is 4.79 Å². The van der Waals surface area contributed by atoms with Gasteiger partial charge in [-0.15, -0.1) is 0 Å². The van der Waals surface area contributed by atoms with Crippen molar-refractivity contribution in [2.24, 2.45) is 5.73 Å². The molecule has 1 radical (unpaired) electrons. The minimum absolute atomic E-state index is 0.206. The van der Waals surface area contributed by atoms with E-state index in [1.807, 2.05) is 6.07 Å². The fourth-order valence-electron chi connectivity index (χ4n) is 1.17. The van der Waals surface area contributed by atoms with Crippen LogP contribution in [0.3, 0.4) is 0 Å². The summed E-state index contributed by atoms with van der Waals surface area (Å²) < 4.78 is 5.16. The molecule has 0 aliphatic carbocycles. The number of rotatable bonds is 5. The van der Waals surface area contributed by atoms with Gasteiger partial charge in [-0.1, -0.05) is 17.7 Å². The molecule has 0 atom stereocenters. The predicted octanol–water partition coefficient (Wildman–Crippen LogP) is 1.68. The fourth-order valence-corrected chi connectivity index (χ4v) is 1.34. The molecule has 83 valence electrons. The normalized spacial score (nSPS) is 9.75. The van der Waals surface area contributed by atoms with E-state index in [2.05, 4.69) is 0 Å². The summed E-state index contributed by atoms with van der Waals surface area (Å²) in [4.78, 5) is 11.1. The molecule has 16 heavy (non-hydrogen) atoms. The second-order valence-electron chi connectivity index (χ2n) is 3.01. The molecule has 0 aromatic heterocycles. The van der Waals surface area contributed by atoms with Gasteiger partial charge < -0.3 is 10.5 Å². The molecule has 5 heteroatoms. The molecular formula is C11H10ClN2O2. The molecular weight excluding hydrogens is 228 g/mol. The molecule has 0 bridgehead atoms. The van der Waals surface area contributed by atoms with Crippen LogP contribution < -0.4 is 5.73 Å². The van der Waals surface area contributed by atoms with Gasteiger partial charge in [0, 0.05) is 10.6 Å². The van der Waals surface area contributed by atoms with Crippen LogP contribution in [0, 0.1) is 17.8 Å². The number of halogens is 1. The molecule has 0 unspecified atom stereocenters. The Morgan fingerprint density at radius 3 is 3.00 bits per heavy atom. The third-order valence-corrected chi connectivity index (χ3v) is 2.12. The largest absolute Gasteiger partial charge is 0.375 e. The number of hydrogen-bond donors (Lipinski definition) is 1. The van der Waals surface area contributed by atoms with Crippen LogP contribution in [-0.2, 0) is 11.3 Å². The highest BCUT2D eigenvalue weighted by molar-refractivity contribution is 6.31. The lowest BCUT2D eigenvalue weighted by Gasteiger charge is -2.07. The van der Waals surface area contributed by atoms with Crippen molar-refractivity contribution in [3.05, 3.63) is 40.8 Å². The lowest BCUT2D eigenvalue weighted by molar-refractivity contribution is 0.0991. The molecule has 1 rings (SSSR count). The molecule has 0 spiro atoms. The van der Waals surface area contributed by atoms with E-state index in [1.54, 1.807) is 12.1 Å². The Balaban J connectivity index is 2.72. The first-order valence-electron chi connectivity index (χ1n) is 4.52. The number of amides is 1. The van der Waals surface area contributed by atoms with Crippen LogP contribution >= 0.6 is 11.6 Å². The average molecular weight is 238 g/mol. The molecule has 1 aromatic rings. The molecule has 0 fully saturated rings. The molecule has 0 heterocycles. The lowest BCUT2D eigenvalue weighted by atomic mass is 10.1. The van der Waals surface area contributed by atoms with E-state index in [0.717, 1.165) is 0 Å². The van der Waals surface area contributed by atoms with Gasteiger partial charge in [0.15, 0.2) is 0 Å². The summed E-state index contributed by atoms with van der Waals surface area (Å²) in [5.41, 5.74) is 6.19. The van der Waals surface area contributed by atoms with Gasteiger partial charge >= 0.3 is 0 Å². The highest BCUT2D eigenvalue weighted by Gasteiger charge is 2.08. The fraction of sp³-hybridized carbons (Fsp3) is 0.182. The smallest absolute Gasteiger partial charge is 0.249 e. The van der Waals surface area contributed by atoms with E-state index >= 15 is 0 Å². The third-order valence-electron chi connectivity index (χ3n) is 1.89. The molecule has 0 saturated carbocycles. The van der Waals surface area contributed by atoms with Gasteiger partial charge in [-0.2, -0.15) is 5.26 Å². The number of primary amides is 1. The number of benzene rings is 1. The van der Waals surface area contributed by atoms with Crippen LogP contribution in [0.1, 0.15) is 15.9 Å². The lowest BCUT2D eigenvalue weighted by Crippen LogP contribution is -2.14. The topological polar surface area (TPSA) is 76.1 Å². The van der Waals surface area contributed by atoms with Crippen LogP contribution in [0.15, 0.2) is 18.2 Å². The van der Waals surface area contributed by atoms with Gasteiger partial charge in [-0.25, -0.2) is 0 Å². The van der Waals surface area contributed by atoms with Crippen molar-refractivity contribution in [3.63, 3.8) is 0 Å². The van der Waals surface area contributed by atoms with Crippen molar-refractivity contribution < 1.29 is 9.53 Å². The van der Waals surface area contributed by atoms with Crippen LogP contribution in [0.5, 0.6) is 0 Å². The van der Waals surface area contributed by atoms with Crippen molar-refractivity contribution in [2.45, 2.75) is 6.61 Å². The zero-order valence-electron chi connectivity index (χ0n) is 8.44. The third kappa shape index (κ3) is 3.54. The van der Waals surface area contributed by atoms with Crippen LogP contribution in [0.4, 0.5) is 0 Å². The number of carbonyl (C=O) groups is 1. The first-order chi connectivity index (χ1) is 7.65. The number of carbonyl (C=O) groups excluding carboxylic acids is 1. The second-order valence-corrected chi connectivity index (χ2v) is 3.45. The SMILES string of the molecule is N#C[CH]COCc1ccc(Cl)cc1C(N)=O. The van der Waals surface area contributed by atoms with Crippen molar-refractivity contribution in [1.29, 1.82) is 5.26 Å². The summed E-state index contributed by atoms with van der Waals surface area (Å²) in [7, 11) is 0. The minimum atomic E-state index is -0.551. The predicted molar refractivity (Wildman–Crippen MR) is 59.5 cm³/mol. The molecule has 1 amide bonds. The maximum Gasteiger partial charge on any atom is 0.249 e. The Hall–Kier alpha value is -1.57. The Kier molecular flexibility index (Phi) is 4.77. The number of nitrogens with zero attached hydrogens (tertiary/aromatic N) is 1. The first kappa shape index (κ1) is 12.5. The van der Waals surface area contributed by atoms with Gasteiger partial charge in [0.2, 0.25) is 5.91 Å². The van der Waals surface area contributed by atoms with E-state index in [1.165, 1.54) is 12.5 Å². The number of ether oxygens (including phenoxy) is 1. The van der Waals surface area contributed by atoms with Gasteiger partial charge in [0.1, 0.15) is 0 Å². The Morgan fingerprint density at radius 2 is 2.38 bits per heavy atom. The van der Waals surface area contributed by atoms with Crippen LogP contribution in [-0.4, -0.2) is 12.5 Å². The van der Waals surface area contributed by atoms with Gasteiger partial charge in [0.05, 0.1) is 25.7 Å². The summed E-state index contributed by atoms with van der Waals surface area (Å²) >= 11 is 5.75. The number of nitriles is 1. The van der Waals surface area contributed by atoms with Crippen LogP contribution in [0.25, 0.3) is 0 Å². The monoisotopic (exact) mass is 237 g/mol. The van der Waals surface area contributed by atoms with Crippen molar-refractivity contribution in [2.75, 3.05) is 6.61 Å². The summed E-state index contributed by atoms with van der Waals surface area (Å²) in [6.07, 6.45) is 1.32. The maximum atomic E-state index is 11.1. The Morgan fingerprint density at radius 1 is 1.62 bits per heavy atom. The van der Waals surface area contributed by atoms with Gasteiger partial charge in [-0.05, 0) is 17.7 Å². The summed E-state index contributed by atoms with van der Waals surface area (Å²) in [5, 5.41) is 8.71. The van der Waals surface area contributed by atoms with Crippen molar-refractivity contribution in [3.8, 4) is 6.07 Å². The van der Waals surface area contributed by atoms with Gasteiger partial charge in [0.25, 0.3) is 0 Å². The molecule has 4 nitrogen and oxygen atoms in total. The van der Waals surface area contributed by atoms with E-state index in [9.17, 15) is 4.79 Å². The Bertz CT molecular complexity index is 426. The molecule has 1 aromatic carbocycles. The first-order valence-corrected chi connectivity index (χ1v) is 4.90. The minimum Gasteiger partial charge on any atom is -0.375 e. The number of nitrogens with two attached hydrogens (primary N) is 1. The number of hydrogen-bond acceptors (Lipinski definition) is 3. The molecule has 2 N–H and O–H groups in total. The quantitative estimate of drug-likeness (QED) is 0.792. The summed E-state index contributed by atoms with van der Waals surface area (Å²) in [5.74, 6) is -0.551. The van der Waals surface area contributed by atoms with Crippen molar-refractivity contribution >= 4 is 17.5 Å². The maximum absolute atomic E-state index is 11.1. The van der Waals surface area contributed by atoms with E-state index in [0.29, 0.717) is 16.1 Å². The zero-order valence-corrected chi connectivity index (χ0v) is 9.20. The zero-order chi connectivity index (χ0) is 12.0. The standard InChI is InChI=1S/C11H10ClN2O2/c12-9-3-2-8(7-16-5-1-4-13)10(6-9)11(14)15/h1-3,6H,5,7H2,(H2,14,15). The second kappa shape index (κ2) is 6.11. The highest BCUT2D eigenvalue weighted by atomic mass is 35.5. The van der Waals surface area contributed by atoms with E-state index in [4.69, 9.17) is 27.3 Å².